The van der Waals surface area contributed by atoms with Gasteiger partial charge in [0, 0.05) is 6.42 Å². The highest BCUT2D eigenvalue weighted by atomic mass is 32.2. The molecule has 1 amide bonds. The molecule has 0 aromatic carbocycles. The summed E-state index contributed by atoms with van der Waals surface area (Å²) in [5.41, 5.74) is -1.04. The highest BCUT2D eigenvalue weighted by molar-refractivity contribution is 8.00. The third kappa shape index (κ3) is 2.86. The smallest absolute Gasteiger partial charge is 0.220 e. The van der Waals surface area contributed by atoms with Crippen LogP contribution >= 0.6 is 11.8 Å². The molecule has 1 saturated heterocycles. The Morgan fingerprint density at radius 2 is 1.94 bits per heavy atom. The molecule has 1 rings (SSSR count). The van der Waals surface area contributed by atoms with Crippen LogP contribution in [-0.4, -0.2) is 61.9 Å². The van der Waals surface area contributed by atoms with Crippen molar-refractivity contribution in [2.24, 2.45) is 0 Å². The number of rotatable bonds is 3. The van der Waals surface area contributed by atoms with E-state index in [2.05, 4.69) is 5.32 Å². The van der Waals surface area contributed by atoms with E-state index >= 15 is 0 Å². The second-order valence-electron chi connectivity index (χ2n) is 3.68. The molecule has 0 aromatic heterocycles. The standard InChI is InChI=1S/C9H17NO5S/c1-2-5(12)10-6-8(14)7(13)4(3-11)16-9(6)15/h4,6-9,11,13-15H,2-3H2,1H3,(H,10,12). The fraction of sp³-hybridized carbons (Fsp3) is 0.889. The number of amides is 1. The Morgan fingerprint density at radius 3 is 2.44 bits per heavy atom. The minimum absolute atomic E-state index is 0.236. The lowest BCUT2D eigenvalue weighted by atomic mass is 10.0. The maximum Gasteiger partial charge on any atom is 0.220 e. The molecule has 1 aliphatic heterocycles. The second kappa shape index (κ2) is 5.83. The third-order valence-electron chi connectivity index (χ3n) is 2.55. The van der Waals surface area contributed by atoms with Crippen LogP contribution < -0.4 is 5.32 Å². The maximum absolute atomic E-state index is 11.2. The zero-order chi connectivity index (χ0) is 12.3. The molecule has 0 aliphatic carbocycles. The molecule has 0 aromatic rings. The molecule has 0 radical (unpaired) electrons. The molecule has 1 aliphatic rings. The van der Waals surface area contributed by atoms with E-state index in [9.17, 15) is 20.1 Å². The molecular formula is C9H17NO5S. The molecule has 0 spiro atoms. The van der Waals surface area contributed by atoms with Gasteiger partial charge in [0.05, 0.1) is 24.0 Å². The van der Waals surface area contributed by atoms with E-state index in [1.165, 1.54) is 0 Å². The summed E-state index contributed by atoms with van der Waals surface area (Å²) in [6.45, 7) is 1.31. The second-order valence-corrected chi connectivity index (χ2v) is 5.04. The van der Waals surface area contributed by atoms with Crippen LogP contribution in [0.4, 0.5) is 0 Å². The Bertz CT molecular complexity index is 252. The van der Waals surface area contributed by atoms with Gasteiger partial charge in [-0.05, 0) is 0 Å². The van der Waals surface area contributed by atoms with Gasteiger partial charge >= 0.3 is 0 Å². The van der Waals surface area contributed by atoms with E-state index in [0.717, 1.165) is 11.8 Å². The van der Waals surface area contributed by atoms with Crippen molar-refractivity contribution < 1.29 is 25.2 Å². The summed E-state index contributed by atoms with van der Waals surface area (Å²) in [6, 6.07) is -0.907. The van der Waals surface area contributed by atoms with Gasteiger partial charge in [-0.2, -0.15) is 0 Å². The lowest BCUT2D eigenvalue weighted by Gasteiger charge is -2.39. The largest absolute Gasteiger partial charge is 0.395 e. The van der Waals surface area contributed by atoms with E-state index in [1.54, 1.807) is 6.92 Å². The van der Waals surface area contributed by atoms with E-state index in [-0.39, 0.29) is 18.9 Å². The first-order valence-electron chi connectivity index (χ1n) is 5.11. The lowest BCUT2D eigenvalue weighted by molar-refractivity contribution is -0.124. The van der Waals surface area contributed by atoms with Gasteiger partial charge < -0.3 is 25.7 Å². The number of hydrogen-bond donors (Lipinski definition) is 5. The number of thioether (sulfide) groups is 1. The topological polar surface area (TPSA) is 110 Å². The Hall–Kier alpha value is -0.340. The summed E-state index contributed by atoms with van der Waals surface area (Å²) < 4.78 is 0. The fourth-order valence-corrected chi connectivity index (χ4v) is 2.71. The van der Waals surface area contributed by atoms with Crippen LogP contribution in [-0.2, 0) is 4.79 Å². The quantitative estimate of drug-likeness (QED) is 0.398. The Balaban J connectivity index is 2.67. The van der Waals surface area contributed by atoms with E-state index in [4.69, 9.17) is 5.11 Å². The van der Waals surface area contributed by atoms with Crippen molar-refractivity contribution in [2.75, 3.05) is 6.61 Å². The van der Waals surface area contributed by atoms with Gasteiger partial charge in [0.1, 0.15) is 11.5 Å². The summed E-state index contributed by atoms with van der Waals surface area (Å²) >= 11 is 0.940. The van der Waals surface area contributed by atoms with Crippen LogP contribution in [0.3, 0.4) is 0 Å². The number of carbonyl (C=O) groups is 1. The van der Waals surface area contributed by atoms with Gasteiger partial charge in [0.25, 0.3) is 0 Å². The molecule has 6 nitrogen and oxygen atoms in total. The highest BCUT2D eigenvalue weighted by Crippen LogP contribution is 2.31. The predicted molar refractivity (Wildman–Crippen MR) is 58.7 cm³/mol. The SMILES string of the molecule is CCC(=O)NC1C(O)SC(CO)C(O)C1O. The Labute approximate surface area is 97.7 Å². The molecule has 16 heavy (non-hydrogen) atoms. The summed E-state index contributed by atoms with van der Waals surface area (Å²) in [6.07, 6.45) is -2.20. The van der Waals surface area contributed by atoms with Crippen molar-refractivity contribution >= 4 is 17.7 Å². The van der Waals surface area contributed by atoms with E-state index in [1.807, 2.05) is 0 Å². The van der Waals surface area contributed by atoms with Gasteiger partial charge in [0.15, 0.2) is 0 Å². The van der Waals surface area contributed by atoms with Crippen LogP contribution in [0.25, 0.3) is 0 Å². The lowest BCUT2D eigenvalue weighted by Crippen LogP contribution is -2.60. The average Bonchev–Trinajstić information content (AvgIpc) is 2.28. The average molecular weight is 251 g/mol. The van der Waals surface area contributed by atoms with Crippen LogP contribution in [0, 0.1) is 0 Å². The predicted octanol–water partition coefficient (Wildman–Crippen LogP) is -1.97. The molecule has 1 fully saturated rings. The van der Waals surface area contributed by atoms with Crippen LogP contribution in [0.5, 0.6) is 0 Å². The van der Waals surface area contributed by atoms with Crippen LogP contribution in [0.15, 0.2) is 0 Å². The summed E-state index contributed by atoms with van der Waals surface area (Å²) in [5, 5.41) is 39.7. The molecule has 0 saturated carbocycles. The first kappa shape index (κ1) is 13.7. The van der Waals surface area contributed by atoms with Crippen molar-refractivity contribution in [3.8, 4) is 0 Å². The number of aliphatic hydroxyl groups excluding tert-OH is 4. The minimum atomic E-state index is -1.27. The van der Waals surface area contributed by atoms with Crippen molar-refractivity contribution in [3.05, 3.63) is 0 Å². The fourth-order valence-electron chi connectivity index (χ4n) is 1.54. The third-order valence-corrected chi connectivity index (χ3v) is 3.90. The maximum atomic E-state index is 11.2. The molecule has 5 atom stereocenters. The van der Waals surface area contributed by atoms with Crippen molar-refractivity contribution in [3.63, 3.8) is 0 Å². The van der Waals surface area contributed by atoms with Crippen molar-refractivity contribution in [2.45, 2.75) is 42.3 Å². The first-order valence-corrected chi connectivity index (χ1v) is 6.05. The zero-order valence-electron chi connectivity index (χ0n) is 8.91. The van der Waals surface area contributed by atoms with Gasteiger partial charge in [-0.15, -0.1) is 11.8 Å². The number of hydrogen-bond acceptors (Lipinski definition) is 6. The van der Waals surface area contributed by atoms with Crippen LogP contribution in [0.1, 0.15) is 13.3 Å². The minimum Gasteiger partial charge on any atom is -0.395 e. The zero-order valence-corrected chi connectivity index (χ0v) is 9.72. The normalized spacial score (nSPS) is 39.4. The molecule has 0 bridgehead atoms. The highest BCUT2D eigenvalue weighted by Gasteiger charge is 2.43. The Kier molecular flexibility index (Phi) is 5.00. The van der Waals surface area contributed by atoms with Crippen molar-refractivity contribution in [1.29, 1.82) is 0 Å². The van der Waals surface area contributed by atoms with Gasteiger partial charge in [-0.1, -0.05) is 6.92 Å². The molecule has 94 valence electrons. The van der Waals surface area contributed by atoms with E-state index in [0.29, 0.717) is 0 Å². The van der Waals surface area contributed by atoms with Gasteiger partial charge in [0.2, 0.25) is 5.91 Å². The summed E-state index contributed by atoms with van der Waals surface area (Å²) in [7, 11) is 0. The number of aliphatic hydroxyl groups is 4. The van der Waals surface area contributed by atoms with Crippen LogP contribution in [0.2, 0.25) is 0 Å². The Morgan fingerprint density at radius 1 is 1.31 bits per heavy atom. The number of nitrogens with one attached hydrogen (secondary N) is 1. The van der Waals surface area contributed by atoms with Crippen molar-refractivity contribution in [1.82, 2.24) is 5.32 Å². The molecule has 1 heterocycles. The number of carbonyl (C=O) groups excluding carboxylic acids is 1. The summed E-state index contributed by atoms with van der Waals surface area (Å²) in [4.78, 5) is 11.2. The molecular weight excluding hydrogens is 234 g/mol. The van der Waals surface area contributed by atoms with Gasteiger partial charge in [-0.25, -0.2) is 0 Å². The summed E-state index contributed by atoms with van der Waals surface area (Å²) in [5.74, 6) is -0.307. The molecule has 7 heteroatoms. The monoisotopic (exact) mass is 251 g/mol. The molecule has 5 N–H and O–H groups in total. The van der Waals surface area contributed by atoms with E-state index < -0.39 is 28.9 Å². The molecule has 5 unspecified atom stereocenters. The first-order chi connectivity index (χ1) is 7.51. The van der Waals surface area contributed by atoms with Gasteiger partial charge in [-0.3, -0.25) is 4.79 Å².